The molecule has 0 fully saturated rings. The van der Waals surface area contributed by atoms with Crippen molar-refractivity contribution in [3.05, 3.63) is 87.8 Å². The number of para-hydroxylation sites is 1. The van der Waals surface area contributed by atoms with Gasteiger partial charge < -0.3 is 9.88 Å². The number of halogens is 1. The molecule has 1 amide bonds. The summed E-state index contributed by atoms with van der Waals surface area (Å²) in [7, 11) is 1.85. The van der Waals surface area contributed by atoms with Crippen molar-refractivity contribution >= 4 is 28.4 Å². The van der Waals surface area contributed by atoms with Crippen molar-refractivity contribution in [2.75, 3.05) is 6.54 Å². The van der Waals surface area contributed by atoms with E-state index in [9.17, 15) is 4.79 Å². The molecular weight excluding hydrogens is 384 g/mol. The van der Waals surface area contributed by atoms with Crippen molar-refractivity contribution < 1.29 is 4.79 Å². The lowest BCUT2D eigenvalue weighted by molar-refractivity contribution is 0.0685. The fourth-order valence-electron chi connectivity index (χ4n) is 4.29. The van der Waals surface area contributed by atoms with Gasteiger partial charge in [0.1, 0.15) is 0 Å². The zero-order chi connectivity index (χ0) is 20.1. The molecule has 3 heterocycles. The number of nitrogens with one attached hydrogen (secondary N) is 1. The highest BCUT2D eigenvalue weighted by Crippen LogP contribution is 2.41. The minimum Gasteiger partial charge on any atom is -0.356 e. The third-order valence-corrected chi connectivity index (χ3v) is 6.17. The van der Waals surface area contributed by atoms with E-state index in [2.05, 4.69) is 28.3 Å². The first-order valence-electron chi connectivity index (χ1n) is 9.70. The van der Waals surface area contributed by atoms with E-state index in [1.807, 2.05) is 55.3 Å². The summed E-state index contributed by atoms with van der Waals surface area (Å²) < 4.78 is 1.73. The maximum absolute atomic E-state index is 13.5. The van der Waals surface area contributed by atoms with Gasteiger partial charge in [0, 0.05) is 40.9 Å². The van der Waals surface area contributed by atoms with Crippen LogP contribution in [0.4, 0.5) is 0 Å². The van der Waals surface area contributed by atoms with Crippen LogP contribution < -0.4 is 0 Å². The summed E-state index contributed by atoms with van der Waals surface area (Å²) in [4.78, 5) is 18.9. The summed E-state index contributed by atoms with van der Waals surface area (Å²) in [6.07, 6.45) is 0.790. The number of fused-ring (bicyclic) bond motifs is 3. The molecule has 1 aliphatic heterocycles. The average molecular weight is 405 g/mol. The van der Waals surface area contributed by atoms with Gasteiger partial charge in [0.2, 0.25) is 0 Å². The van der Waals surface area contributed by atoms with Crippen LogP contribution in [-0.4, -0.2) is 32.1 Å². The highest BCUT2D eigenvalue weighted by Gasteiger charge is 2.36. The molecule has 0 radical (unpaired) electrons. The van der Waals surface area contributed by atoms with E-state index in [-0.39, 0.29) is 11.9 Å². The fourth-order valence-corrected chi connectivity index (χ4v) is 4.53. The van der Waals surface area contributed by atoms with Crippen LogP contribution in [-0.2, 0) is 13.5 Å². The lowest BCUT2D eigenvalue weighted by atomic mass is 9.92. The normalized spacial score (nSPS) is 16.2. The Morgan fingerprint density at radius 2 is 1.93 bits per heavy atom. The van der Waals surface area contributed by atoms with E-state index >= 15 is 0 Å². The first kappa shape index (κ1) is 18.0. The number of amides is 1. The molecule has 1 N–H and O–H groups in total. The lowest BCUT2D eigenvalue weighted by Crippen LogP contribution is -2.41. The predicted molar refractivity (Wildman–Crippen MR) is 114 cm³/mol. The molecule has 0 bridgehead atoms. The lowest BCUT2D eigenvalue weighted by Gasteiger charge is -2.36. The van der Waals surface area contributed by atoms with Gasteiger partial charge >= 0.3 is 0 Å². The number of rotatable bonds is 2. The monoisotopic (exact) mass is 404 g/mol. The maximum atomic E-state index is 13.5. The molecule has 2 aromatic heterocycles. The molecular formula is C23H21ClN4O. The predicted octanol–water partition coefficient (Wildman–Crippen LogP) is 4.65. The number of H-pyrrole nitrogens is 1. The average Bonchev–Trinajstić information content (AvgIpc) is 3.27. The Morgan fingerprint density at radius 3 is 2.69 bits per heavy atom. The number of nitrogens with zero attached hydrogens (tertiary/aromatic N) is 3. The molecule has 1 unspecified atom stereocenters. The molecule has 146 valence electrons. The number of carbonyl (C=O) groups is 1. The van der Waals surface area contributed by atoms with Crippen LogP contribution in [0.1, 0.15) is 39.0 Å². The zero-order valence-electron chi connectivity index (χ0n) is 16.3. The number of aromatic amines is 1. The molecule has 2 aromatic carbocycles. The molecule has 0 spiro atoms. The summed E-state index contributed by atoms with van der Waals surface area (Å²) in [6, 6.07) is 17.6. The van der Waals surface area contributed by atoms with Crippen LogP contribution in [0.25, 0.3) is 10.9 Å². The Labute approximate surface area is 173 Å². The molecule has 0 saturated carbocycles. The van der Waals surface area contributed by atoms with E-state index in [0.29, 0.717) is 17.3 Å². The van der Waals surface area contributed by atoms with Gasteiger partial charge in [-0.1, -0.05) is 48.0 Å². The van der Waals surface area contributed by atoms with Gasteiger partial charge in [-0.3, -0.25) is 9.48 Å². The standard InChI is InChI=1S/C23H21ClN4O/c1-14-13-20(26-27(14)2)23(29)28-12-11-16-15-7-4-6-10-19(15)25-21(16)22(28)17-8-3-5-9-18(17)24/h3-10,13,22,25H,11-12H2,1-2H3. The largest absolute Gasteiger partial charge is 0.356 e. The molecule has 0 saturated heterocycles. The first-order valence-corrected chi connectivity index (χ1v) is 10.1. The van der Waals surface area contributed by atoms with Gasteiger partial charge in [-0.05, 0) is 42.7 Å². The molecule has 1 atom stereocenters. The fraction of sp³-hybridized carbons (Fsp3) is 0.217. The van der Waals surface area contributed by atoms with Crippen LogP contribution in [0, 0.1) is 6.92 Å². The molecule has 1 aliphatic rings. The van der Waals surface area contributed by atoms with Crippen LogP contribution in [0.15, 0.2) is 54.6 Å². The molecule has 5 nitrogen and oxygen atoms in total. The Morgan fingerprint density at radius 1 is 1.17 bits per heavy atom. The minimum absolute atomic E-state index is 0.0806. The van der Waals surface area contributed by atoms with Crippen LogP contribution in [0.3, 0.4) is 0 Å². The van der Waals surface area contributed by atoms with Gasteiger partial charge in [0.25, 0.3) is 5.91 Å². The van der Waals surface area contributed by atoms with E-state index < -0.39 is 0 Å². The molecule has 4 aromatic rings. The van der Waals surface area contributed by atoms with Crippen molar-refractivity contribution in [3.8, 4) is 0 Å². The number of benzene rings is 2. The van der Waals surface area contributed by atoms with Crippen molar-refractivity contribution in [3.63, 3.8) is 0 Å². The van der Waals surface area contributed by atoms with Gasteiger partial charge in [-0.2, -0.15) is 5.10 Å². The third-order valence-electron chi connectivity index (χ3n) is 5.83. The molecule has 0 aliphatic carbocycles. The van der Waals surface area contributed by atoms with E-state index in [4.69, 9.17) is 11.6 Å². The molecule has 5 rings (SSSR count). The molecule has 6 heteroatoms. The second kappa shape index (κ2) is 6.78. The summed E-state index contributed by atoms with van der Waals surface area (Å²) in [5.74, 6) is -0.0806. The number of carbonyl (C=O) groups excluding carboxylic acids is 1. The quantitative estimate of drug-likeness (QED) is 0.528. The zero-order valence-corrected chi connectivity index (χ0v) is 17.1. The van der Waals surface area contributed by atoms with Crippen LogP contribution >= 0.6 is 11.6 Å². The Bertz CT molecular complexity index is 1220. The van der Waals surface area contributed by atoms with Crippen molar-refractivity contribution in [1.82, 2.24) is 19.7 Å². The van der Waals surface area contributed by atoms with E-state index in [1.54, 1.807) is 4.68 Å². The highest BCUT2D eigenvalue weighted by atomic mass is 35.5. The Balaban J connectivity index is 1.69. The number of hydrogen-bond acceptors (Lipinski definition) is 2. The number of hydrogen-bond donors (Lipinski definition) is 1. The SMILES string of the molecule is Cc1cc(C(=O)N2CCc3c([nH]c4ccccc34)C2c2ccccc2Cl)nn1C. The van der Waals surface area contributed by atoms with E-state index in [1.165, 1.54) is 10.9 Å². The van der Waals surface area contributed by atoms with Crippen molar-refractivity contribution in [2.24, 2.45) is 7.05 Å². The number of aryl methyl sites for hydroxylation is 2. The second-order valence-corrected chi connectivity index (χ2v) is 7.94. The minimum atomic E-state index is -0.283. The van der Waals surface area contributed by atoms with Crippen LogP contribution in [0.5, 0.6) is 0 Å². The summed E-state index contributed by atoms with van der Waals surface area (Å²) >= 11 is 6.60. The van der Waals surface area contributed by atoms with Gasteiger partial charge in [-0.25, -0.2) is 0 Å². The second-order valence-electron chi connectivity index (χ2n) is 7.53. The topological polar surface area (TPSA) is 53.9 Å². The number of aromatic nitrogens is 3. The third kappa shape index (κ3) is 2.85. The Kier molecular flexibility index (Phi) is 4.21. The Hall–Kier alpha value is -3.05. The van der Waals surface area contributed by atoms with Crippen molar-refractivity contribution in [2.45, 2.75) is 19.4 Å². The summed E-state index contributed by atoms with van der Waals surface area (Å²) in [5.41, 5.74) is 5.70. The summed E-state index contributed by atoms with van der Waals surface area (Å²) in [5, 5.41) is 6.28. The van der Waals surface area contributed by atoms with Gasteiger partial charge in [-0.15, -0.1) is 0 Å². The van der Waals surface area contributed by atoms with Crippen molar-refractivity contribution in [1.29, 1.82) is 0 Å². The van der Waals surface area contributed by atoms with Gasteiger partial charge in [0.05, 0.1) is 6.04 Å². The smallest absolute Gasteiger partial charge is 0.275 e. The first-order chi connectivity index (χ1) is 14.0. The molecule has 29 heavy (non-hydrogen) atoms. The maximum Gasteiger partial charge on any atom is 0.275 e. The summed E-state index contributed by atoms with van der Waals surface area (Å²) in [6.45, 7) is 2.56. The van der Waals surface area contributed by atoms with E-state index in [0.717, 1.165) is 28.9 Å². The van der Waals surface area contributed by atoms with Gasteiger partial charge in [0.15, 0.2) is 5.69 Å². The highest BCUT2D eigenvalue weighted by molar-refractivity contribution is 6.31. The van der Waals surface area contributed by atoms with Crippen LogP contribution in [0.2, 0.25) is 5.02 Å².